The van der Waals surface area contributed by atoms with E-state index in [4.69, 9.17) is 0 Å². The van der Waals surface area contributed by atoms with E-state index in [1.165, 1.54) is 0 Å². The second kappa shape index (κ2) is 4.01. The summed E-state index contributed by atoms with van der Waals surface area (Å²) in [6.07, 6.45) is 3.49. The fourth-order valence-electron chi connectivity index (χ4n) is 2.06. The van der Waals surface area contributed by atoms with Crippen molar-refractivity contribution in [1.29, 1.82) is 0 Å². The Hall–Kier alpha value is -2.17. The van der Waals surface area contributed by atoms with Crippen LogP contribution in [0.2, 0.25) is 0 Å². The van der Waals surface area contributed by atoms with Gasteiger partial charge >= 0.3 is 0 Å². The molecule has 3 heterocycles. The monoisotopic (exact) mass is 228 g/mol. The summed E-state index contributed by atoms with van der Waals surface area (Å²) in [7, 11) is 0. The van der Waals surface area contributed by atoms with Gasteiger partial charge in [0.25, 0.3) is 0 Å². The van der Waals surface area contributed by atoms with Crippen molar-refractivity contribution in [3.8, 4) is 0 Å². The van der Waals surface area contributed by atoms with E-state index in [0.717, 1.165) is 23.3 Å². The third-order valence-corrected chi connectivity index (χ3v) is 2.85. The predicted octanol–water partition coefficient (Wildman–Crippen LogP) is 0.566. The minimum Gasteiger partial charge on any atom is -0.353 e. The Labute approximate surface area is 98.5 Å². The van der Waals surface area contributed by atoms with Gasteiger partial charge in [-0.05, 0) is 18.2 Å². The molecule has 0 unspecified atom stereocenters. The zero-order valence-corrected chi connectivity index (χ0v) is 9.26. The lowest BCUT2D eigenvalue weighted by Gasteiger charge is -2.28. The number of nitrogens with zero attached hydrogens (tertiary/aromatic N) is 3. The number of fused-ring (bicyclic) bond motifs is 1. The lowest BCUT2D eigenvalue weighted by atomic mass is 10.2. The molecule has 0 aliphatic carbocycles. The Morgan fingerprint density at radius 3 is 3.06 bits per heavy atom. The van der Waals surface area contributed by atoms with E-state index in [-0.39, 0.29) is 5.91 Å². The molecule has 0 saturated carbocycles. The molecule has 17 heavy (non-hydrogen) atoms. The summed E-state index contributed by atoms with van der Waals surface area (Å²) in [6.45, 7) is 1.81. The number of nitrogens with one attached hydrogen (secondary N) is 1. The number of carbonyl (C=O) groups is 1. The highest BCUT2D eigenvalue weighted by molar-refractivity contribution is 5.92. The maximum absolute atomic E-state index is 11.4. The van der Waals surface area contributed by atoms with Crippen LogP contribution in [-0.4, -0.2) is 35.5 Å². The average Bonchev–Trinajstić information content (AvgIpc) is 2.38. The lowest BCUT2D eigenvalue weighted by molar-refractivity contribution is -0.120. The highest BCUT2D eigenvalue weighted by Crippen LogP contribution is 2.22. The van der Waals surface area contributed by atoms with E-state index >= 15 is 0 Å². The van der Waals surface area contributed by atoms with Gasteiger partial charge in [-0.3, -0.25) is 9.78 Å². The van der Waals surface area contributed by atoms with E-state index in [1.54, 1.807) is 12.4 Å². The summed E-state index contributed by atoms with van der Waals surface area (Å²) in [6, 6.07) is 5.75. The van der Waals surface area contributed by atoms with Crippen molar-refractivity contribution in [1.82, 2.24) is 15.3 Å². The molecular weight excluding hydrogens is 216 g/mol. The van der Waals surface area contributed by atoms with Gasteiger partial charge in [0.1, 0.15) is 5.82 Å². The average molecular weight is 228 g/mol. The van der Waals surface area contributed by atoms with Crippen molar-refractivity contribution in [2.75, 3.05) is 24.5 Å². The van der Waals surface area contributed by atoms with Crippen LogP contribution in [0.5, 0.6) is 0 Å². The van der Waals surface area contributed by atoms with Crippen LogP contribution in [0.25, 0.3) is 10.9 Å². The number of hydrogen-bond donors (Lipinski definition) is 1. The Balaban J connectivity index is 2.07. The molecule has 0 spiro atoms. The highest BCUT2D eigenvalue weighted by Gasteiger charge is 2.19. The maximum atomic E-state index is 11.4. The van der Waals surface area contributed by atoms with Gasteiger partial charge in [-0.25, -0.2) is 4.98 Å². The van der Waals surface area contributed by atoms with E-state index < -0.39 is 0 Å². The molecule has 1 saturated heterocycles. The number of hydrogen-bond acceptors (Lipinski definition) is 4. The van der Waals surface area contributed by atoms with Gasteiger partial charge in [-0.15, -0.1) is 0 Å². The van der Waals surface area contributed by atoms with E-state index in [0.29, 0.717) is 13.1 Å². The zero-order valence-electron chi connectivity index (χ0n) is 9.26. The van der Waals surface area contributed by atoms with Crippen molar-refractivity contribution >= 4 is 22.6 Å². The second-order valence-corrected chi connectivity index (χ2v) is 3.98. The molecule has 86 valence electrons. The third-order valence-electron chi connectivity index (χ3n) is 2.85. The summed E-state index contributed by atoms with van der Waals surface area (Å²) in [5.41, 5.74) is 0.906. The van der Waals surface area contributed by atoms with Crippen LogP contribution in [0.15, 0.2) is 30.6 Å². The second-order valence-electron chi connectivity index (χ2n) is 3.98. The number of amides is 1. The number of piperazine rings is 1. The van der Waals surface area contributed by atoms with Crippen LogP contribution in [-0.2, 0) is 4.79 Å². The zero-order chi connectivity index (χ0) is 11.7. The summed E-state index contributed by atoms with van der Waals surface area (Å²) < 4.78 is 0. The molecule has 2 aromatic rings. The molecule has 1 aliphatic rings. The Morgan fingerprint density at radius 2 is 2.18 bits per heavy atom. The Kier molecular flexibility index (Phi) is 2.36. The van der Waals surface area contributed by atoms with Crippen LogP contribution < -0.4 is 10.2 Å². The molecule has 0 radical (unpaired) electrons. The fourth-order valence-corrected chi connectivity index (χ4v) is 2.06. The molecule has 1 N–H and O–H groups in total. The molecule has 0 aromatic carbocycles. The molecule has 2 aromatic heterocycles. The molecule has 1 aliphatic heterocycles. The van der Waals surface area contributed by atoms with Gasteiger partial charge in [0.15, 0.2) is 0 Å². The highest BCUT2D eigenvalue weighted by atomic mass is 16.2. The molecule has 0 atom stereocenters. The largest absolute Gasteiger partial charge is 0.353 e. The first-order valence-electron chi connectivity index (χ1n) is 5.56. The SMILES string of the molecule is O=C1CN(c2nccc3ncccc23)CCN1. The summed E-state index contributed by atoms with van der Waals surface area (Å²) in [5, 5.41) is 3.80. The smallest absolute Gasteiger partial charge is 0.239 e. The van der Waals surface area contributed by atoms with Crippen molar-refractivity contribution in [2.45, 2.75) is 0 Å². The molecular formula is C12H12N4O. The lowest BCUT2D eigenvalue weighted by Crippen LogP contribution is -2.48. The van der Waals surface area contributed by atoms with Gasteiger partial charge in [0.05, 0.1) is 12.1 Å². The summed E-state index contributed by atoms with van der Waals surface area (Å²) in [5.74, 6) is 0.879. The first-order chi connectivity index (χ1) is 8.34. The number of pyridine rings is 2. The number of anilines is 1. The number of carbonyl (C=O) groups excluding carboxylic acids is 1. The number of rotatable bonds is 1. The standard InChI is InChI=1S/C12H12N4O/c17-11-8-16(7-6-14-11)12-9-2-1-4-13-10(9)3-5-15-12/h1-5H,6-8H2,(H,14,17). The third kappa shape index (κ3) is 1.80. The van der Waals surface area contributed by atoms with E-state index in [2.05, 4.69) is 15.3 Å². The van der Waals surface area contributed by atoms with Gasteiger partial charge in [0.2, 0.25) is 5.91 Å². The first kappa shape index (κ1) is 10.0. The first-order valence-corrected chi connectivity index (χ1v) is 5.56. The molecule has 0 bridgehead atoms. The van der Waals surface area contributed by atoms with Crippen LogP contribution in [0.4, 0.5) is 5.82 Å². The summed E-state index contributed by atoms with van der Waals surface area (Å²) in [4.78, 5) is 22.0. The minimum absolute atomic E-state index is 0.0407. The quantitative estimate of drug-likeness (QED) is 0.775. The van der Waals surface area contributed by atoms with Crippen LogP contribution in [0.1, 0.15) is 0 Å². The van der Waals surface area contributed by atoms with Crippen molar-refractivity contribution < 1.29 is 4.79 Å². The van der Waals surface area contributed by atoms with Gasteiger partial charge in [0, 0.05) is 30.9 Å². The van der Waals surface area contributed by atoms with Crippen LogP contribution in [0, 0.1) is 0 Å². The van der Waals surface area contributed by atoms with Crippen molar-refractivity contribution in [2.24, 2.45) is 0 Å². The summed E-state index contributed by atoms with van der Waals surface area (Å²) >= 11 is 0. The van der Waals surface area contributed by atoms with Crippen LogP contribution >= 0.6 is 0 Å². The molecule has 5 heteroatoms. The predicted molar refractivity (Wildman–Crippen MR) is 64.8 cm³/mol. The molecule has 1 amide bonds. The molecule has 5 nitrogen and oxygen atoms in total. The van der Waals surface area contributed by atoms with Crippen LogP contribution in [0.3, 0.4) is 0 Å². The normalized spacial score (nSPS) is 16.0. The van der Waals surface area contributed by atoms with Crippen molar-refractivity contribution in [3.05, 3.63) is 30.6 Å². The fraction of sp³-hybridized carbons (Fsp3) is 0.250. The Bertz CT molecular complexity index is 564. The topological polar surface area (TPSA) is 58.1 Å². The minimum atomic E-state index is 0.0407. The maximum Gasteiger partial charge on any atom is 0.239 e. The van der Waals surface area contributed by atoms with Crippen molar-refractivity contribution in [3.63, 3.8) is 0 Å². The molecule has 3 rings (SSSR count). The van der Waals surface area contributed by atoms with Gasteiger partial charge < -0.3 is 10.2 Å². The molecule has 1 fully saturated rings. The van der Waals surface area contributed by atoms with E-state index in [1.807, 2.05) is 23.1 Å². The van der Waals surface area contributed by atoms with E-state index in [9.17, 15) is 4.79 Å². The van der Waals surface area contributed by atoms with Gasteiger partial charge in [-0.1, -0.05) is 0 Å². The Morgan fingerprint density at radius 1 is 1.24 bits per heavy atom. The van der Waals surface area contributed by atoms with Gasteiger partial charge in [-0.2, -0.15) is 0 Å². The number of aromatic nitrogens is 2.